The summed E-state index contributed by atoms with van der Waals surface area (Å²) in [4.78, 5) is 0. The van der Waals surface area contributed by atoms with Gasteiger partial charge in [0.1, 0.15) is 0 Å². The van der Waals surface area contributed by atoms with E-state index < -0.39 is 0 Å². The van der Waals surface area contributed by atoms with E-state index in [1.807, 2.05) is 0 Å². The Morgan fingerprint density at radius 2 is 0.894 bits per heavy atom. The Labute approximate surface area is 313 Å². The summed E-state index contributed by atoms with van der Waals surface area (Å²) in [5.74, 6) is 0. The highest BCUT2D eigenvalue weighted by Crippen LogP contribution is 2.46. The quantitative estimate of drug-likeness (QED) is 0.114. The van der Waals surface area contributed by atoms with E-state index in [9.17, 15) is 0 Å². The molecule has 6 rings (SSSR count). The van der Waals surface area contributed by atoms with Crippen molar-refractivity contribution in [1.82, 2.24) is 0 Å². The van der Waals surface area contributed by atoms with Crippen LogP contribution in [0.5, 0.6) is 0 Å². The molecule has 0 aliphatic carbocycles. The molecule has 47 heavy (non-hydrogen) atoms. The minimum Gasteiger partial charge on any atom is -0.0654 e. The highest BCUT2D eigenvalue weighted by molar-refractivity contribution is 9.11. The SMILES string of the molecule is CCCCCCCCc1ccc(-c2cc(-c3cc(-c4cc5ccccc5cc4Br)c(Br)cc3Br)c(Br)cc2-c2ccc(C)cc2)cc1. The van der Waals surface area contributed by atoms with Crippen LogP contribution >= 0.6 is 63.7 Å². The Kier molecular flexibility index (Phi) is 11.6. The van der Waals surface area contributed by atoms with Gasteiger partial charge in [0.05, 0.1) is 0 Å². The smallest absolute Gasteiger partial charge is 0.0265 e. The standard InChI is InChI=1S/C43H38Br4/c1-3-4-5-6-7-8-11-29-16-20-31(21-17-29)34-24-37(41(45)26-35(34)30-18-14-28(2)15-19-30)39-25-38(42(46)27-43(39)47)36-22-32-12-9-10-13-33(32)23-40(36)44/h9-10,12-27H,3-8,11H2,1-2H3. The van der Waals surface area contributed by atoms with Crippen molar-refractivity contribution in [3.8, 4) is 44.5 Å². The molecule has 0 fully saturated rings. The lowest BCUT2D eigenvalue weighted by Gasteiger charge is -2.18. The molecule has 6 aromatic carbocycles. The molecular weight excluding hydrogens is 836 g/mol. The summed E-state index contributed by atoms with van der Waals surface area (Å²) in [6, 6.07) is 40.2. The fourth-order valence-electron chi connectivity index (χ4n) is 6.33. The van der Waals surface area contributed by atoms with Crippen LogP contribution < -0.4 is 0 Å². The topological polar surface area (TPSA) is 0 Å². The number of benzene rings is 6. The summed E-state index contributed by atoms with van der Waals surface area (Å²) in [6.07, 6.45) is 9.07. The molecule has 0 N–H and O–H groups in total. The number of fused-ring (bicyclic) bond motifs is 1. The normalized spacial score (nSPS) is 11.4. The van der Waals surface area contributed by atoms with E-state index in [1.165, 1.54) is 82.7 Å². The second-order valence-electron chi connectivity index (χ2n) is 12.4. The van der Waals surface area contributed by atoms with Gasteiger partial charge >= 0.3 is 0 Å². The largest absolute Gasteiger partial charge is 0.0654 e. The Hall–Kier alpha value is -2.50. The number of unbranched alkanes of at least 4 members (excludes halogenated alkanes) is 5. The first-order chi connectivity index (χ1) is 22.8. The van der Waals surface area contributed by atoms with E-state index in [4.69, 9.17) is 0 Å². The van der Waals surface area contributed by atoms with Gasteiger partial charge in [-0.05, 0) is 117 Å². The Bertz CT molecular complexity index is 2010. The predicted molar refractivity (Wildman–Crippen MR) is 218 cm³/mol. The van der Waals surface area contributed by atoms with E-state index in [0.29, 0.717) is 0 Å². The van der Waals surface area contributed by atoms with Crippen molar-refractivity contribution in [2.75, 3.05) is 0 Å². The van der Waals surface area contributed by atoms with Gasteiger partial charge in [0.15, 0.2) is 0 Å². The third-order valence-corrected chi connectivity index (χ3v) is 11.7. The summed E-state index contributed by atoms with van der Waals surface area (Å²) in [7, 11) is 0. The Morgan fingerprint density at radius 3 is 1.53 bits per heavy atom. The molecule has 0 saturated heterocycles. The van der Waals surface area contributed by atoms with Crippen molar-refractivity contribution in [3.05, 3.63) is 138 Å². The number of rotatable bonds is 11. The van der Waals surface area contributed by atoms with Crippen LogP contribution in [0.25, 0.3) is 55.3 Å². The maximum atomic E-state index is 4.00. The number of halogens is 4. The number of hydrogen-bond donors (Lipinski definition) is 0. The van der Waals surface area contributed by atoms with Gasteiger partial charge < -0.3 is 0 Å². The lowest BCUT2D eigenvalue weighted by Crippen LogP contribution is -1.93. The first-order valence-corrected chi connectivity index (χ1v) is 19.7. The number of hydrogen-bond acceptors (Lipinski definition) is 0. The number of aryl methyl sites for hydroxylation is 2. The van der Waals surface area contributed by atoms with Gasteiger partial charge in [-0.15, -0.1) is 0 Å². The lowest BCUT2D eigenvalue weighted by molar-refractivity contribution is 0.607. The lowest BCUT2D eigenvalue weighted by atomic mass is 9.89. The summed E-state index contributed by atoms with van der Waals surface area (Å²) in [6.45, 7) is 4.42. The zero-order valence-corrected chi connectivity index (χ0v) is 33.2. The van der Waals surface area contributed by atoms with Crippen LogP contribution in [0.2, 0.25) is 0 Å². The van der Waals surface area contributed by atoms with Crippen molar-refractivity contribution >= 4 is 74.5 Å². The van der Waals surface area contributed by atoms with Crippen LogP contribution in [0.1, 0.15) is 56.6 Å². The monoisotopic (exact) mass is 870 g/mol. The highest BCUT2D eigenvalue weighted by atomic mass is 79.9. The third-order valence-electron chi connectivity index (χ3n) is 9.03. The second kappa shape index (κ2) is 15.8. The van der Waals surface area contributed by atoms with Gasteiger partial charge in [-0.3, -0.25) is 0 Å². The molecule has 0 unspecified atom stereocenters. The minimum atomic E-state index is 1.04. The summed E-state index contributed by atoms with van der Waals surface area (Å²) in [5, 5.41) is 2.43. The van der Waals surface area contributed by atoms with Crippen molar-refractivity contribution in [2.24, 2.45) is 0 Å². The average Bonchev–Trinajstić information content (AvgIpc) is 3.07. The molecule has 0 radical (unpaired) electrons. The third kappa shape index (κ3) is 8.05. The summed E-state index contributed by atoms with van der Waals surface area (Å²) >= 11 is 15.7. The molecule has 4 heteroatoms. The van der Waals surface area contributed by atoms with Gasteiger partial charge in [0, 0.05) is 17.9 Å². The van der Waals surface area contributed by atoms with Gasteiger partial charge in [-0.2, -0.15) is 0 Å². The van der Waals surface area contributed by atoms with Crippen LogP contribution in [-0.4, -0.2) is 0 Å². The van der Waals surface area contributed by atoms with E-state index in [2.05, 4.69) is 187 Å². The van der Waals surface area contributed by atoms with Gasteiger partial charge in [0.2, 0.25) is 0 Å². The molecule has 6 aromatic rings. The predicted octanol–water partition coefficient (Wildman–Crippen LogP) is 15.8. The Balaban J connectivity index is 1.42. The highest BCUT2D eigenvalue weighted by Gasteiger charge is 2.18. The second-order valence-corrected chi connectivity index (χ2v) is 15.9. The van der Waals surface area contributed by atoms with Gasteiger partial charge in [-0.1, -0.05) is 181 Å². The first kappa shape index (κ1) is 34.4. The zero-order valence-electron chi connectivity index (χ0n) is 26.9. The van der Waals surface area contributed by atoms with E-state index in [0.717, 1.165) is 46.6 Å². The maximum absolute atomic E-state index is 4.00. The first-order valence-electron chi connectivity index (χ1n) is 16.5. The molecule has 0 amide bonds. The average molecular weight is 874 g/mol. The molecule has 0 heterocycles. The Morgan fingerprint density at radius 1 is 0.426 bits per heavy atom. The van der Waals surface area contributed by atoms with Crippen LogP contribution in [-0.2, 0) is 6.42 Å². The summed E-state index contributed by atoms with van der Waals surface area (Å²) < 4.78 is 4.20. The van der Waals surface area contributed by atoms with Crippen LogP contribution in [0.15, 0.2) is 127 Å². The molecule has 0 aromatic heterocycles. The summed E-state index contributed by atoms with van der Waals surface area (Å²) in [5.41, 5.74) is 12.1. The van der Waals surface area contributed by atoms with Crippen molar-refractivity contribution < 1.29 is 0 Å². The molecule has 238 valence electrons. The van der Waals surface area contributed by atoms with Crippen molar-refractivity contribution in [3.63, 3.8) is 0 Å². The molecule has 0 bridgehead atoms. The molecule has 0 nitrogen and oxygen atoms in total. The molecule has 0 aliphatic heterocycles. The fraction of sp³-hybridized carbons (Fsp3) is 0.209. The van der Waals surface area contributed by atoms with Gasteiger partial charge in [-0.25, -0.2) is 0 Å². The molecule has 0 atom stereocenters. The fourth-order valence-corrected chi connectivity index (χ4v) is 8.88. The van der Waals surface area contributed by atoms with E-state index in [1.54, 1.807) is 0 Å². The van der Waals surface area contributed by atoms with Crippen LogP contribution in [0, 0.1) is 6.92 Å². The van der Waals surface area contributed by atoms with Crippen LogP contribution in [0.3, 0.4) is 0 Å². The molecule has 0 aliphatic rings. The maximum Gasteiger partial charge on any atom is 0.0265 e. The van der Waals surface area contributed by atoms with E-state index in [-0.39, 0.29) is 0 Å². The molecular formula is C43H38Br4. The van der Waals surface area contributed by atoms with Crippen LogP contribution in [0.4, 0.5) is 0 Å². The molecule has 0 spiro atoms. The van der Waals surface area contributed by atoms with Crippen molar-refractivity contribution in [1.29, 1.82) is 0 Å². The van der Waals surface area contributed by atoms with E-state index >= 15 is 0 Å². The van der Waals surface area contributed by atoms with Gasteiger partial charge in [0.25, 0.3) is 0 Å². The van der Waals surface area contributed by atoms with Crippen molar-refractivity contribution in [2.45, 2.75) is 58.8 Å². The zero-order chi connectivity index (χ0) is 32.9. The minimum absolute atomic E-state index is 1.04. The molecule has 0 saturated carbocycles.